The van der Waals surface area contributed by atoms with Gasteiger partial charge in [0, 0.05) is 42.7 Å². The van der Waals surface area contributed by atoms with E-state index in [1.807, 2.05) is 79.0 Å². The highest BCUT2D eigenvalue weighted by molar-refractivity contribution is 5.88. The molecule has 8 nitrogen and oxygen atoms in total. The molecule has 1 aromatic heterocycles. The molecule has 4 rings (SSSR count). The van der Waals surface area contributed by atoms with Crippen molar-refractivity contribution in [2.24, 2.45) is 11.7 Å². The molecule has 0 aliphatic heterocycles. The Bertz CT molecular complexity index is 1400. The summed E-state index contributed by atoms with van der Waals surface area (Å²) in [5, 5.41) is 12.9. The number of Topliss-reactive ketones (excluding diaryl/α,β-unsaturated/α-hetero) is 1. The number of benzene rings is 3. The van der Waals surface area contributed by atoms with Crippen LogP contribution in [0.3, 0.4) is 0 Å². The van der Waals surface area contributed by atoms with Gasteiger partial charge in [0.05, 0.1) is 13.0 Å². The Morgan fingerprint density at radius 2 is 1.75 bits per heavy atom. The number of ether oxygens (including phenoxy) is 2. The molecule has 0 saturated carbocycles. The molecule has 1 heterocycles. The summed E-state index contributed by atoms with van der Waals surface area (Å²) in [6.07, 6.45) is 4.05. The summed E-state index contributed by atoms with van der Waals surface area (Å²) in [5.74, 6) is 0.240. The highest BCUT2D eigenvalue weighted by Crippen LogP contribution is 2.28. The predicted octanol–water partition coefficient (Wildman–Crippen LogP) is 4.11. The number of aliphatic hydroxyl groups is 1. The molecule has 0 saturated heterocycles. The molecular weight excluding hydrogens is 506 g/mol. The largest absolute Gasteiger partial charge is 0.496 e. The molecule has 0 spiro atoms. The number of amides is 1. The molecule has 4 aromatic rings. The van der Waals surface area contributed by atoms with Gasteiger partial charge >= 0.3 is 0 Å². The second kappa shape index (κ2) is 14.3. The van der Waals surface area contributed by atoms with E-state index in [0.29, 0.717) is 18.6 Å². The summed E-state index contributed by atoms with van der Waals surface area (Å²) in [6.45, 7) is 0.0589. The minimum Gasteiger partial charge on any atom is -0.496 e. The number of ketones is 1. The maximum Gasteiger partial charge on any atom is 0.220 e. The number of carbonyl (C=O) groups excluding carboxylic acids is 2. The first kappa shape index (κ1) is 28.9. The molecule has 2 atom stereocenters. The van der Waals surface area contributed by atoms with Gasteiger partial charge in [0.1, 0.15) is 18.1 Å². The highest BCUT2D eigenvalue weighted by atomic mass is 16.5. The van der Waals surface area contributed by atoms with Crippen LogP contribution in [0.4, 0.5) is 0 Å². The normalized spacial score (nSPS) is 12.6. The van der Waals surface area contributed by atoms with E-state index in [1.54, 1.807) is 7.11 Å². The number of aliphatic hydroxyl groups excluding tert-OH is 1. The standard InChI is InChI=1S/C32H37N3O5/c1-39-30-11-5-2-8-23(30)14-17-31(38)35-20-27(32(33)26-19-34-28-10-4-3-9-25(26)28)29(37)21-40-24-15-12-22(13-16-24)7-6-18-36/h2-5,8-13,15-16,19,27,32,34,36H,6-7,14,17-18,20-21,33H2,1H3,(H,35,38). The summed E-state index contributed by atoms with van der Waals surface area (Å²) in [4.78, 5) is 29.5. The zero-order chi connectivity index (χ0) is 28.3. The van der Waals surface area contributed by atoms with Crippen LogP contribution in [-0.2, 0) is 22.4 Å². The lowest BCUT2D eigenvalue weighted by Gasteiger charge is -2.23. The number of rotatable bonds is 15. The maximum atomic E-state index is 13.5. The fourth-order valence-electron chi connectivity index (χ4n) is 4.79. The van der Waals surface area contributed by atoms with Gasteiger partial charge in [-0.15, -0.1) is 0 Å². The zero-order valence-electron chi connectivity index (χ0n) is 22.8. The van der Waals surface area contributed by atoms with Crippen LogP contribution in [0, 0.1) is 5.92 Å². The van der Waals surface area contributed by atoms with Crippen LogP contribution in [0.2, 0.25) is 0 Å². The number of H-pyrrole nitrogens is 1. The van der Waals surface area contributed by atoms with Crippen molar-refractivity contribution in [3.05, 3.63) is 95.7 Å². The van der Waals surface area contributed by atoms with Crippen molar-refractivity contribution in [1.29, 1.82) is 0 Å². The number of hydrogen-bond acceptors (Lipinski definition) is 6. The van der Waals surface area contributed by atoms with Crippen LogP contribution in [0.1, 0.15) is 35.6 Å². The van der Waals surface area contributed by atoms with Gasteiger partial charge in [-0.3, -0.25) is 9.59 Å². The van der Waals surface area contributed by atoms with Gasteiger partial charge in [-0.1, -0.05) is 48.5 Å². The molecule has 0 aliphatic carbocycles. The number of aromatic amines is 1. The number of para-hydroxylation sites is 2. The second-order valence-electron chi connectivity index (χ2n) is 9.76. The topological polar surface area (TPSA) is 127 Å². The summed E-state index contributed by atoms with van der Waals surface area (Å²) < 4.78 is 11.2. The van der Waals surface area contributed by atoms with E-state index in [2.05, 4.69) is 10.3 Å². The van der Waals surface area contributed by atoms with E-state index in [-0.39, 0.29) is 37.9 Å². The van der Waals surface area contributed by atoms with Crippen molar-refractivity contribution in [3.8, 4) is 11.5 Å². The number of aryl methyl sites for hydroxylation is 2. The van der Waals surface area contributed by atoms with Crippen LogP contribution >= 0.6 is 0 Å². The summed E-state index contributed by atoms with van der Waals surface area (Å²) in [5.41, 5.74) is 10.5. The predicted molar refractivity (Wildman–Crippen MR) is 155 cm³/mol. The number of nitrogens with two attached hydrogens (primary N) is 1. The Morgan fingerprint density at radius 1 is 1.00 bits per heavy atom. The zero-order valence-corrected chi connectivity index (χ0v) is 22.8. The van der Waals surface area contributed by atoms with Crippen LogP contribution in [0.25, 0.3) is 10.9 Å². The molecule has 8 heteroatoms. The molecule has 3 aromatic carbocycles. The lowest BCUT2D eigenvalue weighted by Crippen LogP contribution is -2.40. The third-order valence-electron chi connectivity index (χ3n) is 7.09. The Morgan fingerprint density at radius 3 is 2.52 bits per heavy atom. The van der Waals surface area contributed by atoms with Gasteiger partial charge < -0.3 is 30.6 Å². The highest BCUT2D eigenvalue weighted by Gasteiger charge is 2.29. The Hall–Kier alpha value is -4.14. The molecule has 0 bridgehead atoms. The van der Waals surface area contributed by atoms with Gasteiger partial charge in [-0.2, -0.15) is 0 Å². The fourth-order valence-corrected chi connectivity index (χ4v) is 4.79. The van der Waals surface area contributed by atoms with Crippen molar-refractivity contribution in [2.75, 3.05) is 26.9 Å². The smallest absolute Gasteiger partial charge is 0.220 e. The van der Waals surface area contributed by atoms with Crippen molar-refractivity contribution in [2.45, 2.75) is 31.7 Å². The van der Waals surface area contributed by atoms with Crippen LogP contribution in [-0.4, -0.2) is 48.6 Å². The monoisotopic (exact) mass is 543 g/mol. The number of carbonyl (C=O) groups is 2. The van der Waals surface area contributed by atoms with E-state index >= 15 is 0 Å². The van der Waals surface area contributed by atoms with Crippen LogP contribution < -0.4 is 20.5 Å². The third kappa shape index (κ3) is 7.49. The number of fused-ring (bicyclic) bond motifs is 1. The third-order valence-corrected chi connectivity index (χ3v) is 7.09. The molecule has 1 amide bonds. The first-order valence-corrected chi connectivity index (χ1v) is 13.6. The molecule has 2 unspecified atom stereocenters. The van der Waals surface area contributed by atoms with Crippen molar-refractivity contribution < 1.29 is 24.2 Å². The van der Waals surface area contributed by atoms with Gasteiger partial charge in [0.25, 0.3) is 0 Å². The average molecular weight is 544 g/mol. The molecule has 40 heavy (non-hydrogen) atoms. The molecule has 5 N–H and O–H groups in total. The fraction of sp³-hybridized carbons (Fsp3) is 0.312. The SMILES string of the molecule is COc1ccccc1CCC(=O)NCC(C(=O)COc1ccc(CCCO)cc1)C(N)c1c[nH]c2ccccc12. The number of methoxy groups -OCH3 is 1. The minimum atomic E-state index is -0.696. The second-order valence-corrected chi connectivity index (χ2v) is 9.76. The first-order chi connectivity index (χ1) is 19.5. The first-order valence-electron chi connectivity index (χ1n) is 13.6. The molecule has 210 valence electrons. The Kier molecular flexibility index (Phi) is 10.3. The van der Waals surface area contributed by atoms with Gasteiger partial charge in [0.2, 0.25) is 5.91 Å². The molecular formula is C32H37N3O5. The Labute approximate surface area is 234 Å². The lowest BCUT2D eigenvalue weighted by atomic mass is 9.90. The minimum absolute atomic E-state index is 0.0910. The molecule has 0 fully saturated rings. The number of aromatic nitrogens is 1. The number of nitrogens with one attached hydrogen (secondary N) is 2. The van der Waals surface area contributed by atoms with E-state index < -0.39 is 12.0 Å². The number of hydrogen-bond donors (Lipinski definition) is 4. The molecule has 0 radical (unpaired) electrons. The van der Waals surface area contributed by atoms with E-state index in [4.69, 9.17) is 20.3 Å². The molecule has 0 aliphatic rings. The van der Waals surface area contributed by atoms with Gasteiger partial charge in [-0.05, 0) is 60.2 Å². The van der Waals surface area contributed by atoms with Gasteiger partial charge in [0.15, 0.2) is 5.78 Å². The van der Waals surface area contributed by atoms with E-state index in [1.165, 1.54) is 0 Å². The maximum absolute atomic E-state index is 13.5. The quantitative estimate of drug-likeness (QED) is 0.179. The summed E-state index contributed by atoms with van der Waals surface area (Å²) in [6, 6.07) is 22.2. The lowest BCUT2D eigenvalue weighted by molar-refractivity contribution is -0.126. The summed E-state index contributed by atoms with van der Waals surface area (Å²) >= 11 is 0. The van der Waals surface area contributed by atoms with Gasteiger partial charge in [-0.25, -0.2) is 0 Å². The summed E-state index contributed by atoms with van der Waals surface area (Å²) in [7, 11) is 1.61. The van der Waals surface area contributed by atoms with Crippen LogP contribution in [0.15, 0.2) is 79.0 Å². The Balaban J connectivity index is 1.43. The van der Waals surface area contributed by atoms with Crippen molar-refractivity contribution >= 4 is 22.6 Å². The van der Waals surface area contributed by atoms with E-state index in [0.717, 1.165) is 39.8 Å². The van der Waals surface area contributed by atoms with E-state index in [9.17, 15) is 9.59 Å². The van der Waals surface area contributed by atoms with Crippen LogP contribution in [0.5, 0.6) is 11.5 Å². The van der Waals surface area contributed by atoms with Crippen molar-refractivity contribution in [1.82, 2.24) is 10.3 Å². The average Bonchev–Trinajstić information content (AvgIpc) is 3.43. The van der Waals surface area contributed by atoms with Crippen molar-refractivity contribution in [3.63, 3.8) is 0 Å².